The van der Waals surface area contributed by atoms with Gasteiger partial charge >= 0.3 is 6.18 Å². The van der Waals surface area contributed by atoms with Gasteiger partial charge in [0.15, 0.2) is 5.69 Å². The van der Waals surface area contributed by atoms with Crippen molar-refractivity contribution in [1.82, 2.24) is 14.8 Å². The number of fused-ring (bicyclic) bond motifs is 1. The Bertz CT molecular complexity index is 682. The molecular weight excluding hydrogens is 331 g/mol. The van der Waals surface area contributed by atoms with Gasteiger partial charge < -0.3 is 9.80 Å². The highest BCUT2D eigenvalue weighted by molar-refractivity contribution is 5.95. The first-order chi connectivity index (χ1) is 11.5. The van der Waals surface area contributed by atoms with Gasteiger partial charge in [0.2, 0.25) is 0 Å². The highest BCUT2D eigenvalue weighted by Gasteiger charge is 2.63. The van der Waals surface area contributed by atoms with E-state index in [1.807, 2.05) is 14.1 Å². The molecule has 1 aromatic heterocycles. The van der Waals surface area contributed by atoms with Gasteiger partial charge in [0.1, 0.15) is 0 Å². The van der Waals surface area contributed by atoms with E-state index in [4.69, 9.17) is 0 Å². The van der Waals surface area contributed by atoms with Crippen LogP contribution < -0.4 is 0 Å². The van der Waals surface area contributed by atoms with Crippen molar-refractivity contribution in [2.75, 3.05) is 33.7 Å². The number of alkyl halides is 3. The van der Waals surface area contributed by atoms with Gasteiger partial charge in [-0.3, -0.25) is 9.78 Å². The summed E-state index contributed by atoms with van der Waals surface area (Å²) in [5.74, 6) is -0.263. The molecule has 1 amide bonds. The van der Waals surface area contributed by atoms with E-state index in [1.165, 1.54) is 12.1 Å². The molecule has 2 fully saturated rings. The second kappa shape index (κ2) is 5.69. The molecule has 1 saturated carbocycles. The van der Waals surface area contributed by atoms with E-state index >= 15 is 0 Å². The Labute approximate surface area is 146 Å². The Morgan fingerprint density at radius 2 is 2.08 bits per heavy atom. The molecule has 25 heavy (non-hydrogen) atoms. The van der Waals surface area contributed by atoms with Crippen LogP contribution in [0.25, 0.3) is 0 Å². The van der Waals surface area contributed by atoms with Crippen LogP contribution in [0.2, 0.25) is 0 Å². The smallest absolute Gasteiger partial charge is 0.338 e. The number of hydrogen-bond acceptors (Lipinski definition) is 3. The monoisotopic (exact) mass is 355 g/mol. The van der Waals surface area contributed by atoms with E-state index in [2.05, 4.69) is 23.7 Å². The summed E-state index contributed by atoms with van der Waals surface area (Å²) in [5.41, 5.74) is -1.37. The van der Waals surface area contributed by atoms with Crippen LogP contribution in [0.15, 0.2) is 18.3 Å². The Morgan fingerprint density at radius 3 is 2.64 bits per heavy atom. The van der Waals surface area contributed by atoms with Crippen molar-refractivity contribution < 1.29 is 18.0 Å². The maximum Gasteiger partial charge on any atom is 0.434 e. The standard InChI is InChI=1S/C18H24F3N3O/c1-16(2)9-17(10-23(3)4)11-24(8-13(16)17)15(25)12-6-5-7-22-14(12)18(19,20)21/h5-7,13H,8-11H2,1-4H3/t13-,17+/m1/s1. The molecule has 0 radical (unpaired) electrons. The quantitative estimate of drug-likeness (QED) is 0.836. The number of pyridine rings is 1. The van der Waals surface area contributed by atoms with Crippen LogP contribution in [-0.2, 0) is 6.18 Å². The zero-order valence-corrected chi connectivity index (χ0v) is 15.0. The van der Waals surface area contributed by atoms with E-state index in [0.717, 1.165) is 19.2 Å². The van der Waals surface area contributed by atoms with Gasteiger partial charge in [0.25, 0.3) is 5.91 Å². The molecule has 1 aromatic rings. The number of nitrogens with zero attached hydrogens (tertiary/aromatic N) is 3. The summed E-state index contributed by atoms with van der Waals surface area (Å²) in [6.45, 7) is 6.19. The molecule has 7 heteroatoms. The van der Waals surface area contributed by atoms with Crippen molar-refractivity contribution in [3.05, 3.63) is 29.6 Å². The van der Waals surface area contributed by atoms with Gasteiger partial charge in [0.05, 0.1) is 5.56 Å². The third-order valence-corrected chi connectivity index (χ3v) is 5.62. The van der Waals surface area contributed by atoms with Crippen LogP contribution in [-0.4, -0.2) is 54.4 Å². The molecule has 2 heterocycles. The number of aromatic nitrogens is 1. The van der Waals surface area contributed by atoms with Crippen molar-refractivity contribution in [3.8, 4) is 0 Å². The van der Waals surface area contributed by atoms with Gasteiger partial charge in [-0.15, -0.1) is 0 Å². The second-order valence-electron chi connectivity index (χ2n) is 8.40. The Balaban J connectivity index is 1.88. The summed E-state index contributed by atoms with van der Waals surface area (Å²) in [6.07, 6.45) is -2.58. The lowest BCUT2D eigenvalue weighted by atomic mass is 9.48. The summed E-state index contributed by atoms with van der Waals surface area (Å²) < 4.78 is 39.6. The SMILES string of the molecule is CN(C)C[C@@]12CN(C(=O)c3cccnc3C(F)(F)F)C[C@@H]1C(C)(C)C2. The zero-order chi connectivity index (χ0) is 18.6. The summed E-state index contributed by atoms with van der Waals surface area (Å²) in [7, 11) is 3.98. The van der Waals surface area contributed by atoms with Crippen molar-refractivity contribution in [1.29, 1.82) is 0 Å². The predicted molar refractivity (Wildman–Crippen MR) is 88.0 cm³/mol. The molecule has 1 aliphatic heterocycles. The largest absolute Gasteiger partial charge is 0.434 e. The molecule has 0 aromatic carbocycles. The highest BCUT2D eigenvalue weighted by atomic mass is 19.4. The molecule has 0 N–H and O–H groups in total. The van der Waals surface area contributed by atoms with Crippen LogP contribution >= 0.6 is 0 Å². The van der Waals surface area contributed by atoms with E-state index in [0.29, 0.717) is 19.0 Å². The van der Waals surface area contributed by atoms with Crippen LogP contribution in [0.3, 0.4) is 0 Å². The van der Waals surface area contributed by atoms with Crippen molar-refractivity contribution in [2.24, 2.45) is 16.7 Å². The number of hydrogen-bond donors (Lipinski definition) is 0. The fourth-order valence-electron chi connectivity index (χ4n) is 5.10. The van der Waals surface area contributed by atoms with E-state index < -0.39 is 17.8 Å². The first-order valence-corrected chi connectivity index (χ1v) is 8.42. The van der Waals surface area contributed by atoms with Gasteiger partial charge in [-0.2, -0.15) is 13.2 Å². The summed E-state index contributed by atoms with van der Waals surface area (Å²) in [4.78, 5) is 19.9. The lowest BCUT2D eigenvalue weighted by Crippen LogP contribution is -2.57. The number of carbonyl (C=O) groups is 1. The molecule has 4 nitrogen and oxygen atoms in total. The molecule has 0 unspecified atom stereocenters. The lowest BCUT2D eigenvalue weighted by molar-refractivity contribution is -0.141. The topological polar surface area (TPSA) is 36.4 Å². The van der Waals surface area contributed by atoms with Crippen molar-refractivity contribution >= 4 is 5.91 Å². The van der Waals surface area contributed by atoms with Crippen molar-refractivity contribution in [2.45, 2.75) is 26.4 Å². The molecule has 138 valence electrons. The van der Waals surface area contributed by atoms with Gasteiger partial charge in [-0.05, 0) is 44.0 Å². The number of halogens is 3. The number of likely N-dealkylation sites (tertiary alicyclic amines) is 1. The number of rotatable bonds is 3. The lowest BCUT2D eigenvalue weighted by Gasteiger charge is -2.57. The molecule has 0 bridgehead atoms. The molecule has 1 saturated heterocycles. The molecule has 3 rings (SSSR count). The van der Waals surface area contributed by atoms with Gasteiger partial charge in [-0.25, -0.2) is 0 Å². The maximum absolute atomic E-state index is 13.2. The van der Waals surface area contributed by atoms with E-state index in [1.54, 1.807) is 4.90 Å². The molecule has 0 spiro atoms. The van der Waals surface area contributed by atoms with Gasteiger partial charge in [0, 0.05) is 31.2 Å². The molecular formula is C18H24F3N3O. The third kappa shape index (κ3) is 3.03. The predicted octanol–water partition coefficient (Wildman–Crippen LogP) is 3.15. The Morgan fingerprint density at radius 1 is 1.40 bits per heavy atom. The first kappa shape index (κ1) is 18.2. The first-order valence-electron chi connectivity index (χ1n) is 8.42. The normalized spacial score (nSPS) is 28.0. The fraction of sp³-hybridized carbons (Fsp3) is 0.667. The molecule has 2 atom stereocenters. The Hall–Kier alpha value is -1.63. The summed E-state index contributed by atoms with van der Waals surface area (Å²) in [5, 5.41) is 0. The Kier molecular flexibility index (Phi) is 4.14. The average molecular weight is 355 g/mol. The summed E-state index contributed by atoms with van der Waals surface area (Å²) in [6, 6.07) is 2.61. The maximum atomic E-state index is 13.2. The minimum atomic E-state index is -4.63. The van der Waals surface area contributed by atoms with Crippen LogP contribution in [0, 0.1) is 16.7 Å². The third-order valence-electron chi connectivity index (χ3n) is 5.62. The molecule has 2 aliphatic rings. The number of amides is 1. The highest BCUT2D eigenvalue weighted by Crippen LogP contribution is 2.63. The number of carbonyl (C=O) groups excluding carboxylic acids is 1. The minimum Gasteiger partial charge on any atom is -0.338 e. The van der Waals surface area contributed by atoms with E-state index in [-0.39, 0.29) is 16.4 Å². The molecule has 1 aliphatic carbocycles. The zero-order valence-electron chi connectivity index (χ0n) is 15.0. The van der Waals surface area contributed by atoms with Crippen LogP contribution in [0.5, 0.6) is 0 Å². The fourth-order valence-corrected chi connectivity index (χ4v) is 5.10. The van der Waals surface area contributed by atoms with Crippen molar-refractivity contribution in [3.63, 3.8) is 0 Å². The second-order valence-corrected chi connectivity index (χ2v) is 8.40. The van der Waals surface area contributed by atoms with Crippen LogP contribution in [0.4, 0.5) is 13.2 Å². The van der Waals surface area contributed by atoms with Gasteiger partial charge in [-0.1, -0.05) is 13.8 Å². The van der Waals surface area contributed by atoms with Crippen LogP contribution in [0.1, 0.15) is 36.3 Å². The average Bonchev–Trinajstić information content (AvgIpc) is 2.79. The minimum absolute atomic E-state index is 0.0245. The van der Waals surface area contributed by atoms with E-state index in [9.17, 15) is 18.0 Å². The summed E-state index contributed by atoms with van der Waals surface area (Å²) >= 11 is 0.